The standard InChI is InChI=1S/C12H10N4/c1-9-2-4-10(5-3-9)8-16-12(7-14)11(15)6-13/h2-5,8H,15H2,1H3/b12-11+,16-8+. The van der Waals surface area contributed by atoms with Crippen LogP contribution in [0.15, 0.2) is 40.7 Å². The molecule has 0 aliphatic carbocycles. The highest BCUT2D eigenvalue weighted by atomic mass is 14.8. The molecule has 0 bridgehead atoms. The van der Waals surface area contributed by atoms with Crippen molar-refractivity contribution in [1.29, 1.82) is 10.5 Å². The van der Waals surface area contributed by atoms with E-state index in [0.29, 0.717) is 0 Å². The molecule has 0 radical (unpaired) electrons. The molecule has 1 rings (SSSR count). The van der Waals surface area contributed by atoms with Crippen LogP contribution >= 0.6 is 0 Å². The number of rotatable bonds is 2. The van der Waals surface area contributed by atoms with Crippen LogP contribution in [0.25, 0.3) is 0 Å². The van der Waals surface area contributed by atoms with Crippen molar-refractivity contribution < 1.29 is 0 Å². The van der Waals surface area contributed by atoms with E-state index in [4.69, 9.17) is 16.3 Å². The van der Waals surface area contributed by atoms with E-state index in [0.717, 1.165) is 11.1 Å². The molecule has 2 N–H and O–H groups in total. The van der Waals surface area contributed by atoms with Crippen LogP contribution in [0, 0.1) is 29.6 Å². The first-order chi connectivity index (χ1) is 7.67. The summed E-state index contributed by atoms with van der Waals surface area (Å²) < 4.78 is 0. The lowest BCUT2D eigenvalue weighted by molar-refractivity contribution is 1.27. The van der Waals surface area contributed by atoms with Gasteiger partial charge in [-0.1, -0.05) is 29.8 Å². The average Bonchev–Trinajstić information content (AvgIpc) is 2.31. The van der Waals surface area contributed by atoms with E-state index in [9.17, 15) is 0 Å². The zero-order chi connectivity index (χ0) is 12.0. The average molecular weight is 210 g/mol. The number of nitrogens with two attached hydrogens (primary N) is 1. The van der Waals surface area contributed by atoms with Gasteiger partial charge < -0.3 is 5.73 Å². The minimum absolute atomic E-state index is 0.0666. The summed E-state index contributed by atoms with van der Waals surface area (Å²) in [4.78, 5) is 3.86. The maximum Gasteiger partial charge on any atom is 0.174 e. The molecule has 78 valence electrons. The van der Waals surface area contributed by atoms with Gasteiger partial charge in [0.25, 0.3) is 0 Å². The topological polar surface area (TPSA) is 86.0 Å². The summed E-state index contributed by atoms with van der Waals surface area (Å²) in [7, 11) is 0. The van der Waals surface area contributed by atoms with Crippen LogP contribution in [-0.4, -0.2) is 6.21 Å². The Morgan fingerprint density at radius 1 is 1.25 bits per heavy atom. The zero-order valence-corrected chi connectivity index (χ0v) is 8.81. The van der Waals surface area contributed by atoms with Crippen molar-refractivity contribution in [2.75, 3.05) is 0 Å². The van der Waals surface area contributed by atoms with Crippen molar-refractivity contribution in [3.8, 4) is 12.1 Å². The SMILES string of the molecule is Cc1ccc(/C=N/C(C#N)=C(/N)C#N)cc1. The molecule has 1 aromatic rings. The molecule has 0 heterocycles. The van der Waals surface area contributed by atoms with Crippen molar-refractivity contribution in [2.45, 2.75) is 6.92 Å². The molecule has 0 fully saturated rings. The summed E-state index contributed by atoms with van der Waals surface area (Å²) in [5.74, 6) is 0. The molecule has 0 aliphatic heterocycles. The highest BCUT2D eigenvalue weighted by Crippen LogP contribution is 2.03. The van der Waals surface area contributed by atoms with Gasteiger partial charge >= 0.3 is 0 Å². The van der Waals surface area contributed by atoms with Crippen molar-refractivity contribution >= 4 is 6.21 Å². The zero-order valence-electron chi connectivity index (χ0n) is 8.81. The van der Waals surface area contributed by atoms with E-state index in [1.165, 1.54) is 6.21 Å². The summed E-state index contributed by atoms with van der Waals surface area (Å²) in [6.07, 6.45) is 1.50. The lowest BCUT2D eigenvalue weighted by Crippen LogP contribution is -1.97. The Hall–Kier alpha value is -2.59. The molecule has 4 nitrogen and oxygen atoms in total. The van der Waals surface area contributed by atoms with Gasteiger partial charge in [0.15, 0.2) is 5.70 Å². The van der Waals surface area contributed by atoms with Gasteiger partial charge in [0.05, 0.1) is 0 Å². The van der Waals surface area contributed by atoms with Gasteiger partial charge in [-0.05, 0) is 12.5 Å². The van der Waals surface area contributed by atoms with Gasteiger partial charge in [0.2, 0.25) is 0 Å². The van der Waals surface area contributed by atoms with E-state index in [2.05, 4.69) is 4.99 Å². The highest BCUT2D eigenvalue weighted by molar-refractivity contribution is 5.80. The third kappa shape index (κ3) is 2.97. The molecule has 0 atom stereocenters. The van der Waals surface area contributed by atoms with Gasteiger partial charge in [0, 0.05) is 6.21 Å². The van der Waals surface area contributed by atoms with E-state index in [1.807, 2.05) is 31.2 Å². The van der Waals surface area contributed by atoms with E-state index in [-0.39, 0.29) is 11.4 Å². The van der Waals surface area contributed by atoms with Crippen LogP contribution in [0.5, 0.6) is 0 Å². The Bertz CT molecular complexity index is 509. The van der Waals surface area contributed by atoms with Gasteiger partial charge in [-0.3, -0.25) is 0 Å². The van der Waals surface area contributed by atoms with E-state index in [1.54, 1.807) is 12.1 Å². The third-order valence-corrected chi connectivity index (χ3v) is 1.90. The lowest BCUT2D eigenvalue weighted by Gasteiger charge is -1.94. The quantitative estimate of drug-likeness (QED) is 0.594. The van der Waals surface area contributed by atoms with Crippen LogP contribution < -0.4 is 5.73 Å². The predicted molar refractivity (Wildman–Crippen MR) is 61.2 cm³/mol. The minimum Gasteiger partial charge on any atom is -0.388 e. The van der Waals surface area contributed by atoms with Crippen LogP contribution in [0.2, 0.25) is 0 Å². The van der Waals surface area contributed by atoms with Crippen LogP contribution in [-0.2, 0) is 0 Å². The van der Waals surface area contributed by atoms with E-state index < -0.39 is 0 Å². The third-order valence-electron chi connectivity index (χ3n) is 1.90. The fourth-order valence-corrected chi connectivity index (χ4v) is 1.00. The second-order valence-electron chi connectivity index (χ2n) is 3.15. The van der Waals surface area contributed by atoms with Crippen molar-refractivity contribution in [3.63, 3.8) is 0 Å². The second-order valence-corrected chi connectivity index (χ2v) is 3.15. The number of aliphatic imine (C=N–C) groups is 1. The molecule has 0 saturated carbocycles. The smallest absolute Gasteiger partial charge is 0.174 e. The summed E-state index contributed by atoms with van der Waals surface area (Å²) in [6.45, 7) is 1.98. The minimum atomic E-state index is -0.175. The monoisotopic (exact) mass is 210 g/mol. The molecular weight excluding hydrogens is 200 g/mol. The van der Waals surface area contributed by atoms with Gasteiger partial charge in [-0.25, -0.2) is 4.99 Å². The molecule has 16 heavy (non-hydrogen) atoms. The number of aryl methyl sites for hydroxylation is 1. The number of nitrogens with zero attached hydrogens (tertiary/aromatic N) is 3. The number of hydrogen-bond acceptors (Lipinski definition) is 4. The Morgan fingerprint density at radius 3 is 2.38 bits per heavy atom. The number of benzene rings is 1. The van der Waals surface area contributed by atoms with Gasteiger partial charge in [0.1, 0.15) is 17.8 Å². The summed E-state index contributed by atoms with van der Waals surface area (Å²) in [5, 5.41) is 17.2. The maximum absolute atomic E-state index is 8.70. The van der Waals surface area contributed by atoms with Gasteiger partial charge in [-0.15, -0.1) is 0 Å². The normalized spacial score (nSPS) is 11.7. The predicted octanol–water partition coefficient (Wildman–Crippen LogP) is 1.63. The molecular formula is C12H10N4. The Labute approximate surface area is 94.0 Å². The summed E-state index contributed by atoms with van der Waals surface area (Å²) in [5.41, 5.74) is 7.05. The van der Waals surface area contributed by atoms with Crippen LogP contribution in [0.1, 0.15) is 11.1 Å². The molecule has 1 aromatic carbocycles. The molecule has 0 saturated heterocycles. The Kier molecular flexibility index (Phi) is 3.83. The van der Waals surface area contributed by atoms with Crippen LogP contribution in [0.4, 0.5) is 0 Å². The Balaban J connectivity index is 2.94. The van der Waals surface area contributed by atoms with E-state index >= 15 is 0 Å². The number of hydrogen-bond donors (Lipinski definition) is 1. The summed E-state index contributed by atoms with van der Waals surface area (Å²) >= 11 is 0. The highest BCUT2D eigenvalue weighted by Gasteiger charge is 1.98. The largest absolute Gasteiger partial charge is 0.388 e. The lowest BCUT2D eigenvalue weighted by atomic mass is 10.2. The molecule has 0 amide bonds. The second kappa shape index (κ2) is 5.33. The molecule has 0 unspecified atom stereocenters. The van der Waals surface area contributed by atoms with Crippen molar-refractivity contribution in [1.82, 2.24) is 0 Å². The molecule has 4 heteroatoms. The number of allylic oxidation sites excluding steroid dienone is 2. The molecule has 0 aromatic heterocycles. The number of nitriles is 2. The fraction of sp³-hybridized carbons (Fsp3) is 0.0833. The first kappa shape index (κ1) is 11.5. The Morgan fingerprint density at radius 2 is 1.88 bits per heavy atom. The van der Waals surface area contributed by atoms with Crippen molar-refractivity contribution in [3.05, 3.63) is 46.8 Å². The molecule has 0 spiro atoms. The first-order valence-corrected chi connectivity index (χ1v) is 4.58. The van der Waals surface area contributed by atoms with Gasteiger partial charge in [-0.2, -0.15) is 10.5 Å². The van der Waals surface area contributed by atoms with Crippen molar-refractivity contribution in [2.24, 2.45) is 10.7 Å². The first-order valence-electron chi connectivity index (χ1n) is 4.58. The van der Waals surface area contributed by atoms with Crippen LogP contribution in [0.3, 0.4) is 0 Å². The fourth-order valence-electron chi connectivity index (χ4n) is 1.00. The maximum atomic E-state index is 8.70. The molecule has 0 aliphatic rings. The summed E-state index contributed by atoms with van der Waals surface area (Å²) in [6, 6.07) is 11.1.